The minimum absolute atomic E-state index is 0.0501. The van der Waals surface area contributed by atoms with E-state index in [0.29, 0.717) is 23.1 Å². The van der Waals surface area contributed by atoms with Gasteiger partial charge in [0.25, 0.3) is 0 Å². The van der Waals surface area contributed by atoms with Crippen molar-refractivity contribution in [3.05, 3.63) is 76.1 Å². The minimum Gasteiger partial charge on any atom is -0.507 e. The highest BCUT2D eigenvalue weighted by Crippen LogP contribution is 2.36. The van der Waals surface area contributed by atoms with Gasteiger partial charge in [-0.15, -0.1) is 0 Å². The van der Waals surface area contributed by atoms with Crippen LogP contribution in [0, 0.1) is 0 Å². The van der Waals surface area contributed by atoms with Crippen LogP contribution >= 0.6 is 0 Å². The van der Waals surface area contributed by atoms with E-state index in [-0.39, 0.29) is 17.2 Å². The number of fused-ring (bicyclic) bond motifs is 1. The molecule has 5 heteroatoms. The summed E-state index contributed by atoms with van der Waals surface area (Å²) in [6.45, 7) is 1.82. The highest BCUT2D eigenvalue weighted by atomic mass is 16.6. The second-order valence-corrected chi connectivity index (χ2v) is 5.82. The highest BCUT2D eigenvalue weighted by Gasteiger charge is 2.25. The fraction of sp³-hybridized carbons (Fsp3) is 0.200. The Bertz CT molecular complexity index is 960. The van der Waals surface area contributed by atoms with E-state index in [1.54, 1.807) is 24.3 Å². The Balaban J connectivity index is 2.21. The molecule has 25 heavy (non-hydrogen) atoms. The Kier molecular flexibility index (Phi) is 4.84. The molecule has 0 radical (unpaired) electrons. The van der Waals surface area contributed by atoms with Gasteiger partial charge in [-0.2, -0.15) is 0 Å². The summed E-state index contributed by atoms with van der Waals surface area (Å²) in [5.74, 6) is -0.438. The molecule has 1 aromatic heterocycles. The number of aromatic hydroxyl groups is 1. The molecular formula is C20H19NO4. The lowest BCUT2D eigenvalue weighted by molar-refractivity contribution is 0.212. The zero-order chi connectivity index (χ0) is 17.8. The SMILES string of the molecule is CON=C(C)CC(c1ccccc1)c1c(O)c2ccccc2oc1=O. The summed E-state index contributed by atoms with van der Waals surface area (Å²) in [5.41, 5.74) is 1.66. The van der Waals surface area contributed by atoms with Crippen LogP contribution in [-0.2, 0) is 4.84 Å². The van der Waals surface area contributed by atoms with E-state index >= 15 is 0 Å². The number of oxime groups is 1. The quantitative estimate of drug-likeness (QED) is 0.433. The average Bonchev–Trinajstić information content (AvgIpc) is 2.62. The molecule has 0 amide bonds. The van der Waals surface area contributed by atoms with Gasteiger partial charge in [0.1, 0.15) is 18.4 Å². The van der Waals surface area contributed by atoms with E-state index in [4.69, 9.17) is 9.25 Å². The number of para-hydroxylation sites is 1. The first kappa shape index (κ1) is 16.8. The lowest BCUT2D eigenvalue weighted by atomic mass is 9.87. The molecule has 0 fully saturated rings. The summed E-state index contributed by atoms with van der Waals surface area (Å²) in [6.07, 6.45) is 0.425. The first-order valence-corrected chi connectivity index (χ1v) is 7.98. The largest absolute Gasteiger partial charge is 0.507 e. The Morgan fingerprint density at radius 1 is 1.16 bits per heavy atom. The smallest absolute Gasteiger partial charge is 0.343 e. The summed E-state index contributed by atoms with van der Waals surface area (Å²) in [5, 5.41) is 15.2. The van der Waals surface area contributed by atoms with Crippen molar-refractivity contribution < 1.29 is 14.4 Å². The highest BCUT2D eigenvalue weighted by molar-refractivity contribution is 5.86. The monoisotopic (exact) mass is 337 g/mol. The molecule has 0 saturated carbocycles. The summed E-state index contributed by atoms with van der Waals surface area (Å²) in [7, 11) is 1.48. The van der Waals surface area contributed by atoms with Crippen LogP contribution in [0.2, 0.25) is 0 Å². The van der Waals surface area contributed by atoms with E-state index in [0.717, 1.165) is 5.56 Å². The maximum absolute atomic E-state index is 12.6. The summed E-state index contributed by atoms with van der Waals surface area (Å²) in [6, 6.07) is 16.5. The molecule has 0 saturated heterocycles. The second-order valence-electron chi connectivity index (χ2n) is 5.82. The van der Waals surface area contributed by atoms with Gasteiger partial charge in [0, 0.05) is 12.3 Å². The zero-order valence-electron chi connectivity index (χ0n) is 14.1. The number of hydrogen-bond donors (Lipinski definition) is 1. The fourth-order valence-electron chi connectivity index (χ4n) is 3.02. The van der Waals surface area contributed by atoms with Crippen LogP contribution in [0.1, 0.15) is 30.4 Å². The van der Waals surface area contributed by atoms with Crippen molar-refractivity contribution in [1.82, 2.24) is 0 Å². The van der Waals surface area contributed by atoms with E-state index in [1.807, 2.05) is 37.3 Å². The van der Waals surface area contributed by atoms with Crippen LogP contribution in [0.4, 0.5) is 0 Å². The van der Waals surface area contributed by atoms with Gasteiger partial charge < -0.3 is 14.4 Å². The van der Waals surface area contributed by atoms with Crippen molar-refractivity contribution in [3.63, 3.8) is 0 Å². The molecule has 0 spiro atoms. The predicted octanol–water partition coefficient (Wildman–Crippen LogP) is 4.04. The molecule has 2 aromatic carbocycles. The Morgan fingerprint density at radius 2 is 1.84 bits per heavy atom. The van der Waals surface area contributed by atoms with Gasteiger partial charge in [-0.1, -0.05) is 47.6 Å². The number of rotatable bonds is 5. The molecule has 5 nitrogen and oxygen atoms in total. The zero-order valence-corrected chi connectivity index (χ0v) is 14.1. The van der Waals surface area contributed by atoms with E-state index in [2.05, 4.69) is 5.16 Å². The molecule has 1 unspecified atom stereocenters. The van der Waals surface area contributed by atoms with Crippen LogP contribution in [0.25, 0.3) is 11.0 Å². The van der Waals surface area contributed by atoms with Crippen molar-refractivity contribution in [3.8, 4) is 5.75 Å². The molecule has 3 rings (SSSR count). The van der Waals surface area contributed by atoms with Gasteiger partial charge >= 0.3 is 5.63 Å². The van der Waals surface area contributed by atoms with E-state index < -0.39 is 5.63 Å². The third-order valence-corrected chi connectivity index (χ3v) is 4.12. The Morgan fingerprint density at radius 3 is 2.56 bits per heavy atom. The molecule has 1 heterocycles. The normalized spacial score (nSPS) is 13.0. The third-order valence-electron chi connectivity index (χ3n) is 4.12. The predicted molar refractivity (Wildman–Crippen MR) is 97.2 cm³/mol. The average molecular weight is 337 g/mol. The van der Waals surface area contributed by atoms with Crippen LogP contribution < -0.4 is 5.63 Å². The van der Waals surface area contributed by atoms with Gasteiger partial charge in [-0.3, -0.25) is 0 Å². The van der Waals surface area contributed by atoms with Crippen molar-refractivity contribution in [2.24, 2.45) is 5.16 Å². The lowest BCUT2D eigenvalue weighted by Crippen LogP contribution is -2.16. The molecular weight excluding hydrogens is 318 g/mol. The minimum atomic E-state index is -0.546. The van der Waals surface area contributed by atoms with Crippen molar-refractivity contribution >= 4 is 16.7 Å². The topological polar surface area (TPSA) is 72.0 Å². The summed E-state index contributed by atoms with van der Waals surface area (Å²) >= 11 is 0. The van der Waals surface area contributed by atoms with E-state index in [1.165, 1.54) is 7.11 Å². The maximum Gasteiger partial charge on any atom is 0.343 e. The van der Waals surface area contributed by atoms with Gasteiger partial charge in [0.15, 0.2) is 0 Å². The molecule has 0 aliphatic rings. The van der Waals surface area contributed by atoms with Gasteiger partial charge in [0.05, 0.1) is 16.7 Å². The third kappa shape index (κ3) is 3.40. The molecule has 1 atom stereocenters. The second kappa shape index (κ2) is 7.21. The van der Waals surface area contributed by atoms with Crippen molar-refractivity contribution in [2.75, 3.05) is 7.11 Å². The molecule has 128 valence electrons. The number of hydrogen-bond acceptors (Lipinski definition) is 5. The summed E-state index contributed by atoms with van der Waals surface area (Å²) < 4.78 is 5.43. The molecule has 0 aliphatic carbocycles. The molecule has 3 aromatic rings. The standard InChI is InChI=1S/C20H19NO4/c1-13(21-24-2)12-16(14-8-4-3-5-9-14)18-19(22)15-10-6-7-11-17(15)25-20(18)23/h3-11,16,22H,12H2,1-2H3. The number of nitrogens with zero attached hydrogens (tertiary/aromatic N) is 1. The summed E-state index contributed by atoms with van der Waals surface area (Å²) in [4.78, 5) is 17.4. The molecule has 1 N–H and O–H groups in total. The number of benzene rings is 2. The van der Waals surface area contributed by atoms with Crippen LogP contribution in [0.3, 0.4) is 0 Å². The first-order chi connectivity index (χ1) is 12.1. The Labute approximate surface area is 145 Å². The van der Waals surface area contributed by atoms with Crippen molar-refractivity contribution in [2.45, 2.75) is 19.3 Å². The van der Waals surface area contributed by atoms with Gasteiger partial charge in [0.2, 0.25) is 0 Å². The Hall–Kier alpha value is -3.08. The molecule has 0 bridgehead atoms. The fourth-order valence-corrected chi connectivity index (χ4v) is 3.02. The maximum atomic E-state index is 12.6. The lowest BCUT2D eigenvalue weighted by Gasteiger charge is -2.18. The molecule has 0 aliphatic heterocycles. The first-order valence-electron chi connectivity index (χ1n) is 7.98. The van der Waals surface area contributed by atoms with Crippen LogP contribution in [0.5, 0.6) is 5.75 Å². The van der Waals surface area contributed by atoms with Gasteiger partial charge in [-0.05, 0) is 24.6 Å². The van der Waals surface area contributed by atoms with Gasteiger partial charge in [-0.25, -0.2) is 4.79 Å². The van der Waals surface area contributed by atoms with E-state index in [9.17, 15) is 9.90 Å². The van der Waals surface area contributed by atoms with Crippen LogP contribution in [-0.4, -0.2) is 17.9 Å². The van der Waals surface area contributed by atoms with Crippen molar-refractivity contribution in [1.29, 1.82) is 0 Å². The van der Waals surface area contributed by atoms with Crippen LogP contribution in [0.15, 0.2) is 69.0 Å².